The normalized spacial score (nSPS) is 22.8. The number of rotatable bonds is 4. The van der Waals surface area contributed by atoms with Crippen LogP contribution in [0.15, 0.2) is 6.33 Å². The minimum Gasteiger partial charge on any atom is -0.470 e. The van der Waals surface area contributed by atoms with Crippen molar-refractivity contribution < 1.29 is 17.9 Å². The first-order chi connectivity index (χ1) is 11.7. The van der Waals surface area contributed by atoms with E-state index >= 15 is 0 Å². The molecule has 10 nitrogen and oxygen atoms in total. The van der Waals surface area contributed by atoms with Crippen molar-refractivity contribution in [2.45, 2.75) is 32.3 Å². The minimum absolute atomic E-state index is 0.101. The number of amides is 1. The Morgan fingerprint density at radius 2 is 2.24 bits per heavy atom. The molecule has 0 radical (unpaired) electrons. The van der Waals surface area contributed by atoms with Gasteiger partial charge in [0.05, 0.1) is 0 Å². The van der Waals surface area contributed by atoms with Gasteiger partial charge in [-0.15, -0.1) is 0 Å². The summed E-state index contributed by atoms with van der Waals surface area (Å²) in [7, 11) is -3.71. The SMILES string of the molecule is CC1(C)Oc2c(ncnc2N2CCCC(CNS(N)(=O)=O)C2)NC1=O. The first-order valence-electron chi connectivity index (χ1n) is 8.03. The van der Waals surface area contributed by atoms with Crippen LogP contribution in [0.2, 0.25) is 0 Å². The van der Waals surface area contributed by atoms with Crippen molar-refractivity contribution in [1.82, 2.24) is 14.7 Å². The molecule has 1 atom stereocenters. The lowest BCUT2D eigenvalue weighted by Gasteiger charge is -2.37. The molecule has 25 heavy (non-hydrogen) atoms. The second-order valence-electron chi connectivity index (χ2n) is 6.79. The van der Waals surface area contributed by atoms with E-state index in [1.165, 1.54) is 6.33 Å². The number of nitrogens with one attached hydrogen (secondary N) is 2. The maximum Gasteiger partial charge on any atom is 0.274 e. The maximum absolute atomic E-state index is 12.0. The van der Waals surface area contributed by atoms with Gasteiger partial charge in [0.1, 0.15) is 6.33 Å². The highest BCUT2D eigenvalue weighted by Gasteiger charge is 2.39. The molecule has 1 aromatic heterocycles. The van der Waals surface area contributed by atoms with Crippen LogP contribution in [0.4, 0.5) is 11.6 Å². The van der Waals surface area contributed by atoms with Gasteiger partial charge in [-0.3, -0.25) is 4.79 Å². The third-order valence-electron chi connectivity index (χ3n) is 4.31. The molecule has 3 rings (SSSR count). The van der Waals surface area contributed by atoms with Crippen molar-refractivity contribution in [2.75, 3.05) is 29.9 Å². The number of carbonyl (C=O) groups excluding carboxylic acids is 1. The fourth-order valence-electron chi connectivity index (χ4n) is 2.99. The Labute approximate surface area is 146 Å². The lowest BCUT2D eigenvalue weighted by atomic mass is 9.98. The van der Waals surface area contributed by atoms with Crippen LogP contribution in [0, 0.1) is 5.92 Å². The Kier molecular flexibility index (Phi) is 4.56. The molecule has 0 saturated carbocycles. The lowest BCUT2D eigenvalue weighted by Crippen LogP contribution is -2.47. The van der Waals surface area contributed by atoms with E-state index in [1.807, 2.05) is 4.90 Å². The molecule has 4 N–H and O–H groups in total. The highest BCUT2D eigenvalue weighted by Crippen LogP contribution is 2.39. The van der Waals surface area contributed by atoms with E-state index in [0.29, 0.717) is 23.9 Å². The summed E-state index contributed by atoms with van der Waals surface area (Å²) in [5.74, 6) is 1.21. The van der Waals surface area contributed by atoms with Crippen LogP contribution in [-0.2, 0) is 15.0 Å². The van der Waals surface area contributed by atoms with Crippen molar-refractivity contribution in [3.05, 3.63) is 6.33 Å². The monoisotopic (exact) mass is 370 g/mol. The highest BCUT2D eigenvalue weighted by molar-refractivity contribution is 7.87. The van der Waals surface area contributed by atoms with Crippen LogP contribution >= 0.6 is 0 Å². The Morgan fingerprint density at radius 1 is 1.48 bits per heavy atom. The summed E-state index contributed by atoms with van der Waals surface area (Å²) in [5, 5.41) is 7.74. The number of ether oxygens (including phenoxy) is 1. The molecule has 1 saturated heterocycles. The largest absolute Gasteiger partial charge is 0.470 e. The zero-order valence-corrected chi connectivity index (χ0v) is 15.0. The summed E-state index contributed by atoms with van der Waals surface area (Å²) < 4.78 is 30.4. The average molecular weight is 370 g/mol. The van der Waals surface area contributed by atoms with Gasteiger partial charge in [-0.25, -0.2) is 19.8 Å². The van der Waals surface area contributed by atoms with Crippen LogP contribution in [0.3, 0.4) is 0 Å². The predicted octanol–water partition coefficient (Wildman–Crippen LogP) is -0.404. The van der Waals surface area contributed by atoms with E-state index in [9.17, 15) is 13.2 Å². The number of anilines is 2. The second-order valence-corrected chi connectivity index (χ2v) is 8.17. The Hall–Kier alpha value is -1.98. The molecule has 1 unspecified atom stereocenters. The van der Waals surface area contributed by atoms with Gasteiger partial charge in [0.15, 0.2) is 17.2 Å². The first-order valence-corrected chi connectivity index (χ1v) is 9.58. The van der Waals surface area contributed by atoms with Gasteiger partial charge in [-0.05, 0) is 32.6 Å². The Balaban J connectivity index is 1.80. The van der Waals surface area contributed by atoms with E-state index in [4.69, 9.17) is 9.88 Å². The van der Waals surface area contributed by atoms with Gasteiger partial charge in [-0.1, -0.05) is 0 Å². The summed E-state index contributed by atoms with van der Waals surface area (Å²) in [5.41, 5.74) is -1.02. The molecule has 0 spiro atoms. The average Bonchev–Trinajstić information content (AvgIpc) is 2.53. The molecule has 0 bridgehead atoms. The van der Waals surface area contributed by atoms with Crippen molar-refractivity contribution >= 4 is 27.8 Å². The second kappa shape index (κ2) is 6.39. The standard InChI is InChI=1S/C14H22N6O4S/c1-14(2)13(21)19-11-10(24-14)12(17-8-16-11)20-5-3-4-9(7-20)6-18-25(15,22)23/h8-9,18H,3-7H2,1-2H3,(H2,15,22,23)(H,16,17,19,21). The number of piperidine rings is 1. The van der Waals surface area contributed by atoms with Gasteiger partial charge in [0, 0.05) is 19.6 Å². The van der Waals surface area contributed by atoms with Crippen LogP contribution in [0.25, 0.3) is 0 Å². The van der Waals surface area contributed by atoms with Crippen molar-refractivity contribution in [3.63, 3.8) is 0 Å². The number of hydrogen-bond donors (Lipinski definition) is 3. The van der Waals surface area contributed by atoms with Crippen molar-refractivity contribution in [3.8, 4) is 5.75 Å². The lowest BCUT2D eigenvalue weighted by molar-refractivity contribution is -0.129. The van der Waals surface area contributed by atoms with Crippen LogP contribution < -0.4 is 24.8 Å². The van der Waals surface area contributed by atoms with E-state index < -0.39 is 15.8 Å². The van der Waals surface area contributed by atoms with Crippen LogP contribution in [0.1, 0.15) is 26.7 Å². The zero-order valence-electron chi connectivity index (χ0n) is 14.2. The van der Waals surface area contributed by atoms with E-state index in [0.717, 1.165) is 19.4 Å². The quantitative estimate of drug-likeness (QED) is 0.655. The molecular weight excluding hydrogens is 348 g/mol. The zero-order chi connectivity index (χ0) is 18.2. The third kappa shape index (κ3) is 3.99. The van der Waals surface area contributed by atoms with Crippen LogP contribution in [-0.4, -0.2) is 49.5 Å². The smallest absolute Gasteiger partial charge is 0.274 e. The molecule has 1 aromatic rings. The topological polar surface area (TPSA) is 140 Å². The van der Waals surface area contributed by atoms with Crippen molar-refractivity contribution in [2.24, 2.45) is 11.1 Å². The maximum atomic E-state index is 12.0. The Morgan fingerprint density at radius 3 is 2.96 bits per heavy atom. The van der Waals surface area contributed by atoms with E-state index in [2.05, 4.69) is 20.0 Å². The van der Waals surface area contributed by atoms with Gasteiger partial charge in [0.2, 0.25) is 5.75 Å². The molecule has 0 aliphatic carbocycles. The number of aromatic nitrogens is 2. The molecular formula is C14H22N6O4S. The molecule has 2 aliphatic heterocycles. The fourth-order valence-corrected chi connectivity index (χ4v) is 3.46. The third-order valence-corrected chi connectivity index (χ3v) is 4.88. The molecule has 0 aromatic carbocycles. The molecule has 1 amide bonds. The highest BCUT2D eigenvalue weighted by atomic mass is 32.2. The van der Waals surface area contributed by atoms with Gasteiger partial charge in [0.25, 0.3) is 16.1 Å². The van der Waals surface area contributed by atoms with Gasteiger partial charge in [-0.2, -0.15) is 8.42 Å². The van der Waals surface area contributed by atoms with E-state index in [1.54, 1.807) is 13.8 Å². The van der Waals surface area contributed by atoms with Crippen molar-refractivity contribution in [1.29, 1.82) is 0 Å². The molecule has 138 valence electrons. The Bertz CT molecular complexity index is 782. The summed E-state index contributed by atoms with van der Waals surface area (Å²) in [6, 6.07) is 0. The summed E-state index contributed by atoms with van der Waals surface area (Å²) in [6.07, 6.45) is 3.14. The van der Waals surface area contributed by atoms with Gasteiger partial charge >= 0.3 is 0 Å². The van der Waals surface area contributed by atoms with Gasteiger partial charge < -0.3 is 15.0 Å². The summed E-state index contributed by atoms with van der Waals surface area (Å²) in [6.45, 7) is 4.98. The van der Waals surface area contributed by atoms with E-state index in [-0.39, 0.29) is 18.4 Å². The molecule has 11 heteroatoms. The summed E-state index contributed by atoms with van der Waals surface area (Å²) >= 11 is 0. The molecule has 2 aliphatic rings. The number of nitrogens with zero attached hydrogens (tertiary/aromatic N) is 3. The number of fused-ring (bicyclic) bond motifs is 1. The molecule has 3 heterocycles. The number of carbonyl (C=O) groups is 1. The predicted molar refractivity (Wildman–Crippen MR) is 91.4 cm³/mol. The summed E-state index contributed by atoms with van der Waals surface area (Å²) in [4.78, 5) is 22.4. The minimum atomic E-state index is -3.71. The first kappa shape index (κ1) is 17.8. The number of hydrogen-bond acceptors (Lipinski definition) is 7. The number of nitrogens with two attached hydrogens (primary N) is 1. The fraction of sp³-hybridized carbons (Fsp3) is 0.643. The van der Waals surface area contributed by atoms with Crippen LogP contribution in [0.5, 0.6) is 5.75 Å². The molecule has 1 fully saturated rings.